The first-order valence-corrected chi connectivity index (χ1v) is 9.16. The van der Waals surface area contributed by atoms with E-state index >= 15 is 0 Å². The van der Waals surface area contributed by atoms with E-state index < -0.39 is 0 Å². The van der Waals surface area contributed by atoms with Gasteiger partial charge in [-0.3, -0.25) is 4.79 Å². The van der Waals surface area contributed by atoms with E-state index in [4.69, 9.17) is 23.2 Å². The molecule has 0 saturated heterocycles. The van der Waals surface area contributed by atoms with Crippen molar-refractivity contribution < 1.29 is 4.79 Å². The Balaban J connectivity index is 1.71. The van der Waals surface area contributed by atoms with Crippen LogP contribution in [-0.2, 0) is 17.8 Å². The lowest BCUT2D eigenvalue weighted by atomic mass is 10.00. The van der Waals surface area contributed by atoms with Crippen molar-refractivity contribution in [2.24, 2.45) is 0 Å². The number of halogens is 2. The summed E-state index contributed by atoms with van der Waals surface area (Å²) in [4.78, 5) is 15.4. The van der Waals surface area contributed by atoms with Crippen LogP contribution < -0.4 is 0 Å². The molecule has 120 valence electrons. The van der Waals surface area contributed by atoms with E-state index in [9.17, 15) is 4.79 Å². The largest absolute Gasteiger partial charge is 0.337 e. The molecule has 1 amide bonds. The molecule has 0 spiro atoms. The van der Waals surface area contributed by atoms with E-state index in [0.717, 1.165) is 17.9 Å². The maximum Gasteiger partial charge on any atom is 0.236 e. The highest BCUT2D eigenvalue weighted by Crippen LogP contribution is 2.37. The van der Waals surface area contributed by atoms with Crippen LogP contribution in [0.3, 0.4) is 0 Å². The van der Waals surface area contributed by atoms with Crippen LogP contribution >= 0.6 is 35.0 Å². The number of amides is 1. The van der Waals surface area contributed by atoms with E-state index in [0.29, 0.717) is 16.6 Å². The van der Waals surface area contributed by atoms with Crippen molar-refractivity contribution in [1.29, 1.82) is 0 Å². The summed E-state index contributed by atoms with van der Waals surface area (Å²) in [6, 6.07) is 13.7. The van der Waals surface area contributed by atoms with Crippen molar-refractivity contribution in [3.63, 3.8) is 0 Å². The van der Waals surface area contributed by atoms with Crippen molar-refractivity contribution in [1.82, 2.24) is 4.90 Å². The fraction of sp³-hybridized carbons (Fsp3) is 0.278. The second-order valence-electron chi connectivity index (χ2n) is 5.59. The van der Waals surface area contributed by atoms with Gasteiger partial charge in [0, 0.05) is 18.0 Å². The van der Waals surface area contributed by atoms with Gasteiger partial charge in [-0.25, -0.2) is 0 Å². The smallest absolute Gasteiger partial charge is 0.236 e. The molecule has 1 aliphatic rings. The number of carbonyl (C=O) groups is 1. The monoisotopic (exact) mass is 365 g/mol. The van der Waals surface area contributed by atoms with Gasteiger partial charge in [0.05, 0.1) is 15.3 Å². The minimum absolute atomic E-state index is 0.125. The fourth-order valence-electron chi connectivity index (χ4n) is 2.76. The van der Waals surface area contributed by atoms with Gasteiger partial charge >= 0.3 is 0 Å². The van der Waals surface area contributed by atoms with E-state index in [1.807, 2.05) is 30.0 Å². The van der Waals surface area contributed by atoms with Gasteiger partial charge in [-0.2, -0.15) is 0 Å². The van der Waals surface area contributed by atoms with Crippen molar-refractivity contribution in [2.75, 3.05) is 6.54 Å². The van der Waals surface area contributed by atoms with E-state index in [1.165, 1.54) is 22.9 Å². The van der Waals surface area contributed by atoms with E-state index in [2.05, 4.69) is 12.1 Å². The third kappa shape index (κ3) is 3.68. The van der Waals surface area contributed by atoms with Gasteiger partial charge in [-0.05, 0) is 36.6 Å². The Morgan fingerprint density at radius 1 is 1.09 bits per heavy atom. The van der Waals surface area contributed by atoms with Gasteiger partial charge in [0.25, 0.3) is 0 Å². The molecule has 0 unspecified atom stereocenters. The van der Waals surface area contributed by atoms with Crippen LogP contribution in [0, 0.1) is 0 Å². The third-order valence-corrected chi connectivity index (χ3v) is 6.09. The number of hydrogen-bond donors (Lipinski definition) is 0. The number of carbonyl (C=O) groups excluding carboxylic acids is 1. The molecule has 0 fully saturated rings. The van der Waals surface area contributed by atoms with Crippen molar-refractivity contribution >= 4 is 40.9 Å². The fourth-order valence-corrected chi connectivity index (χ4v) is 4.39. The number of benzene rings is 2. The lowest BCUT2D eigenvalue weighted by Crippen LogP contribution is -2.40. The molecule has 23 heavy (non-hydrogen) atoms. The first-order valence-electron chi connectivity index (χ1n) is 7.52. The first-order chi connectivity index (χ1) is 11.1. The Labute approximate surface area is 150 Å². The molecule has 2 nitrogen and oxygen atoms in total. The summed E-state index contributed by atoms with van der Waals surface area (Å²) in [7, 11) is 0. The van der Waals surface area contributed by atoms with Crippen LogP contribution in [0.5, 0.6) is 0 Å². The normalized spacial score (nSPS) is 15.2. The van der Waals surface area contributed by atoms with Gasteiger partial charge in [0.15, 0.2) is 0 Å². The molecule has 5 heteroatoms. The van der Waals surface area contributed by atoms with Crippen molar-refractivity contribution in [3.05, 3.63) is 63.6 Å². The third-order valence-electron chi connectivity index (χ3n) is 4.00. The highest BCUT2D eigenvalue weighted by molar-refractivity contribution is 8.00. The second kappa shape index (κ2) is 7.16. The minimum Gasteiger partial charge on any atom is -0.337 e. The van der Waals surface area contributed by atoms with Gasteiger partial charge in [-0.15, -0.1) is 11.8 Å². The zero-order chi connectivity index (χ0) is 16.4. The molecule has 0 bridgehead atoms. The van der Waals surface area contributed by atoms with Crippen molar-refractivity contribution in [2.45, 2.75) is 30.0 Å². The van der Waals surface area contributed by atoms with Crippen LogP contribution in [0.25, 0.3) is 0 Å². The van der Waals surface area contributed by atoms with Crippen LogP contribution in [0.1, 0.15) is 18.1 Å². The number of fused-ring (bicyclic) bond motifs is 1. The number of rotatable bonds is 3. The summed E-state index contributed by atoms with van der Waals surface area (Å²) in [6.45, 7) is 3.35. The van der Waals surface area contributed by atoms with Gasteiger partial charge in [0.2, 0.25) is 5.91 Å². The standard InChI is InChI=1S/C18H17Cl2NOS/c1-12(23-17-15(19)7-4-8-16(17)20)18(22)21-10-9-13-5-2-3-6-14(13)11-21/h2-8,12H,9-11H2,1H3/t12-/m0/s1. The predicted molar refractivity (Wildman–Crippen MR) is 97.3 cm³/mol. The molecule has 2 aromatic rings. The van der Waals surface area contributed by atoms with Gasteiger partial charge in [0.1, 0.15) is 0 Å². The zero-order valence-electron chi connectivity index (χ0n) is 12.8. The van der Waals surface area contributed by atoms with Crippen LogP contribution in [-0.4, -0.2) is 22.6 Å². The molecule has 3 rings (SSSR count). The first kappa shape index (κ1) is 16.7. The maximum absolute atomic E-state index is 12.8. The SMILES string of the molecule is C[C@H](Sc1c(Cl)cccc1Cl)C(=O)N1CCc2ccccc2C1. The van der Waals surface area contributed by atoms with Crippen LogP contribution in [0.15, 0.2) is 47.4 Å². The molecule has 1 atom stereocenters. The highest BCUT2D eigenvalue weighted by atomic mass is 35.5. The maximum atomic E-state index is 12.8. The Morgan fingerprint density at radius 3 is 2.43 bits per heavy atom. The molecule has 0 saturated carbocycles. The molecule has 2 aromatic carbocycles. The summed E-state index contributed by atoms with van der Waals surface area (Å²) in [6.07, 6.45) is 0.909. The highest BCUT2D eigenvalue weighted by Gasteiger charge is 2.26. The average Bonchev–Trinajstić information content (AvgIpc) is 2.57. The summed E-state index contributed by atoms with van der Waals surface area (Å²) in [5.41, 5.74) is 2.58. The zero-order valence-corrected chi connectivity index (χ0v) is 15.1. The minimum atomic E-state index is -0.224. The lowest BCUT2D eigenvalue weighted by molar-refractivity contribution is -0.131. The summed E-state index contributed by atoms with van der Waals surface area (Å²) >= 11 is 13.8. The Hall–Kier alpha value is -1.16. The molecular weight excluding hydrogens is 349 g/mol. The summed E-state index contributed by atoms with van der Waals surface area (Å²) in [5.74, 6) is 0.125. The molecule has 0 aromatic heterocycles. The van der Waals surface area contributed by atoms with Gasteiger partial charge < -0.3 is 4.90 Å². The molecule has 0 radical (unpaired) electrons. The molecular formula is C18H17Cl2NOS. The number of hydrogen-bond acceptors (Lipinski definition) is 2. The molecule has 1 heterocycles. The average molecular weight is 366 g/mol. The van der Waals surface area contributed by atoms with E-state index in [1.54, 1.807) is 12.1 Å². The van der Waals surface area contributed by atoms with Gasteiger partial charge in [-0.1, -0.05) is 53.5 Å². The van der Waals surface area contributed by atoms with E-state index in [-0.39, 0.29) is 11.2 Å². The molecule has 0 aliphatic carbocycles. The Morgan fingerprint density at radius 2 is 1.74 bits per heavy atom. The molecule has 0 N–H and O–H groups in total. The molecule has 1 aliphatic heterocycles. The van der Waals surface area contributed by atoms with Crippen LogP contribution in [0.2, 0.25) is 10.0 Å². The Kier molecular flexibility index (Phi) is 5.20. The topological polar surface area (TPSA) is 20.3 Å². The lowest BCUT2D eigenvalue weighted by Gasteiger charge is -2.31. The summed E-state index contributed by atoms with van der Waals surface area (Å²) in [5, 5.41) is 0.954. The second-order valence-corrected chi connectivity index (χ2v) is 7.75. The quantitative estimate of drug-likeness (QED) is 0.708. The summed E-state index contributed by atoms with van der Waals surface area (Å²) < 4.78 is 0. The Bertz CT molecular complexity index is 714. The number of thioether (sulfide) groups is 1. The predicted octanol–water partition coefficient (Wildman–Crippen LogP) is 5.06. The number of nitrogens with zero attached hydrogens (tertiary/aromatic N) is 1. The van der Waals surface area contributed by atoms with Crippen molar-refractivity contribution in [3.8, 4) is 0 Å². The van der Waals surface area contributed by atoms with Crippen LogP contribution in [0.4, 0.5) is 0 Å².